The molecule has 2 rings (SSSR count). The molecule has 1 aliphatic rings. The Kier molecular flexibility index (Phi) is 6.73. The summed E-state index contributed by atoms with van der Waals surface area (Å²) < 4.78 is 0. The maximum atomic E-state index is 12.4. The van der Waals surface area contributed by atoms with Crippen LogP contribution >= 0.6 is 11.8 Å². The lowest BCUT2D eigenvalue weighted by Gasteiger charge is -2.23. The second-order valence-corrected chi connectivity index (χ2v) is 6.79. The fraction of sp³-hybridized carbons (Fsp3) is 0.444. The smallest absolute Gasteiger partial charge is 0.250 e. The van der Waals surface area contributed by atoms with E-state index in [1.807, 2.05) is 25.1 Å². The molecule has 24 heavy (non-hydrogen) atoms. The van der Waals surface area contributed by atoms with Gasteiger partial charge in [-0.2, -0.15) is 0 Å². The average molecular weight is 348 g/mol. The normalized spacial score (nSPS) is 17.8. The van der Waals surface area contributed by atoms with Crippen LogP contribution in [0.2, 0.25) is 0 Å². The minimum Gasteiger partial charge on any atom is -0.508 e. The third kappa shape index (κ3) is 4.77. The fourth-order valence-electron chi connectivity index (χ4n) is 2.59. The van der Waals surface area contributed by atoms with Gasteiger partial charge in [0, 0.05) is 17.9 Å². The van der Waals surface area contributed by atoms with Crippen molar-refractivity contribution in [2.24, 2.45) is 0 Å². The van der Waals surface area contributed by atoms with Crippen molar-refractivity contribution >= 4 is 23.6 Å². The Morgan fingerprint density at radius 3 is 2.75 bits per heavy atom. The summed E-state index contributed by atoms with van der Waals surface area (Å²) in [5.41, 5.74) is 1.74. The van der Waals surface area contributed by atoms with E-state index in [9.17, 15) is 14.7 Å². The van der Waals surface area contributed by atoms with Gasteiger partial charge in [0.05, 0.1) is 5.88 Å². The van der Waals surface area contributed by atoms with Crippen molar-refractivity contribution in [3.8, 4) is 5.75 Å². The van der Waals surface area contributed by atoms with Gasteiger partial charge >= 0.3 is 0 Å². The van der Waals surface area contributed by atoms with E-state index in [2.05, 4.69) is 5.32 Å². The molecule has 130 valence electrons. The maximum absolute atomic E-state index is 12.4. The Hall–Kier alpha value is -1.95. The van der Waals surface area contributed by atoms with Crippen molar-refractivity contribution in [3.63, 3.8) is 0 Å². The molecule has 0 aliphatic carbocycles. The molecule has 1 atom stereocenters. The monoisotopic (exact) mass is 348 g/mol. The predicted molar refractivity (Wildman–Crippen MR) is 96.8 cm³/mol. The van der Waals surface area contributed by atoms with Gasteiger partial charge in [-0.3, -0.25) is 9.59 Å². The first-order valence-electron chi connectivity index (χ1n) is 8.14. The molecule has 1 heterocycles. The van der Waals surface area contributed by atoms with Crippen LogP contribution in [-0.4, -0.2) is 46.0 Å². The summed E-state index contributed by atoms with van der Waals surface area (Å²) in [6, 6.07) is 6.54. The molecular weight excluding hydrogens is 324 g/mol. The lowest BCUT2D eigenvalue weighted by Crippen LogP contribution is -2.47. The quantitative estimate of drug-likeness (QED) is 0.774. The van der Waals surface area contributed by atoms with Gasteiger partial charge in [-0.1, -0.05) is 25.1 Å². The molecular formula is C18H24N2O3S. The molecule has 0 bridgehead atoms. The number of hydrogen-bond donors (Lipinski definition) is 2. The highest BCUT2D eigenvalue weighted by molar-refractivity contribution is 7.99. The molecule has 2 N–H and O–H groups in total. The summed E-state index contributed by atoms with van der Waals surface area (Å²) in [5.74, 6) is 1.27. The summed E-state index contributed by atoms with van der Waals surface area (Å²) in [7, 11) is 0. The summed E-state index contributed by atoms with van der Waals surface area (Å²) in [5, 5.41) is 12.2. The van der Waals surface area contributed by atoms with E-state index in [-0.39, 0.29) is 17.6 Å². The summed E-state index contributed by atoms with van der Waals surface area (Å²) >= 11 is 1.60. The molecule has 1 aromatic rings. The van der Waals surface area contributed by atoms with Gasteiger partial charge in [0.25, 0.3) is 5.91 Å². The average Bonchev–Trinajstić information content (AvgIpc) is 3.05. The van der Waals surface area contributed by atoms with E-state index in [4.69, 9.17) is 0 Å². The van der Waals surface area contributed by atoms with Crippen LogP contribution in [0.3, 0.4) is 0 Å². The highest BCUT2D eigenvalue weighted by atomic mass is 32.2. The molecule has 6 heteroatoms. The van der Waals surface area contributed by atoms with Crippen LogP contribution in [0.1, 0.15) is 25.8 Å². The van der Waals surface area contributed by atoms with E-state index in [0.29, 0.717) is 30.2 Å². The zero-order chi connectivity index (χ0) is 17.5. The van der Waals surface area contributed by atoms with Crippen molar-refractivity contribution < 1.29 is 14.7 Å². The third-order valence-electron chi connectivity index (χ3n) is 3.94. The molecule has 1 aromatic carbocycles. The van der Waals surface area contributed by atoms with Gasteiger partial charge in [-0.25, -0.2) is 0 Å². The number of nitrogens with one attached hydrogen (secondary N) is 1. The van der Waals surface area contributed by atoms with Gasteiger partial charge in [0.15, 0.2) is 0 Å². The number of nitrogens with zero attached hydrogens (tertiary/aromatic N) is 1. The lowest BCUT2D eigenvalue weighted by molar-refractivity contribution is -0.135. The Labute approximate surface area is 147 Å². The first kappa shape index (κ1) is 18.4. The second-order valence-electron chi connectivity index (χ2n) is 5.79. The molecule has 1 saturated heterocycles. The molecule has 0 aromatic heterocycles. The third-order valence-corrected chi connectivity index (χ3v) is 4.95. The predicted octanol–water partition coefficient (Wildman–Crippen LogP) is 2.31. The SMILES string of the molecule is CCC=C(C)C(=O)N1CSCC1C(=O)NCCc1ccc(O)cc1. The first-order valence-corrected chi connectivity index (χ1v) is 9.29. The van der Waals surface area contributed by atoms with Crippen molar-refractivity contribution in [2.75, 3.05) is 18.2 Å². The molecule has 0 spiro atoms. The number of amides is 2. The topological polar surface area (TPSA) is 69.6 Å². The van der Waals surface area contributed by atoms with Gasteiger partial charge in [-0.05, 0) is 37.5 Å². The number of hydrogen-bond acceptors (Lipinski definition) is 4. The zero-order valence-electron chi connectivity index (χ0n) is 14.1. The van der Waals surface area contributed by atoms with Gasteiger partial charge < -0.3 is 15.3 Å². The van der Waals surface area contributed by atoms with Gasteiger partial charge in [-0.15, -0.1) is 11.8 Å². The molecule has 1 unspecified atom stereocenters. The number of allylic oxidation sites excluding steroid dienone is 1. The van der Waals surface area contributed by atoms with Crippen molar-refractivity contribution in [1.82, 2.24) is 10.2 Å². The zero-order valence-corrected chi connectivity index (χ0v) is 14.9. The second kappa shape index (κ2) is 8.78. The van der Waals surface area contributed by atoms with Crippen molar-refractivity contribution in [3.05, 3.63) is 41.5 Å². The molecule has 5 nitrogen and oxygen atoms in total. The number of carbonyl (C=O) groups excluding carboxylic acids is 2. The number of thioether (sulfide) groups is 1. The summed E-state index contributed by atoms with van der Waals surface area (Å²) in [4.78, 5) is 26.5. The van der Waals surface area contributed by atoms with Crippen LogP contribution in [-0.2, 0) is 16.0 Å². The number of carbonyl (C=O) groups is 2. The van der Waals surface area contributed by atoms with E-state index in [0.717, 1.165) is 12.0 Å². The number of phenolic OH excluding ortho intramolecular Hbond substituents is 1. The van der Waals surface area contributed by atoms with E-state index in [1.165, 1.54) is 0 Å². The minimum atomic E-state index is -0.400. The van der Waals surface area contributed by atoms with Gasteiger partial charge in [0.2, 0.25) is 5.91 Å². The molecule has 1 fully saturated rings. The molecule has 1 aliphatic heterocycles. The van der Waals surface area contributed by atoms with Crippen LogP contribution in [0.25, 0.3) is 0 Å². The van der Waals surface area contributed by atoms with Crippen molar-refractivity contribution in [1.29, 1.82) is 0 Å². The Morgan fingerprint density at radius 1 is 1.38 bits per heavy atom. The Bertz CT molecular complexity index is 613. The summed E-state index contributed by atoms with van der Waals surface area (Å²) in [6.07, 6.45) is 3.39. The van der Waals surface area contributed by atoms with Crippen LogP contribution in [0.5, 0.6) is 5.75 Å². The van der Waals surface area contributed by atoms with E-state index < -0.39 is 6.04 Å². The Balaban J connectivity index is 1.87. The standard InChI is InChI=1S/C18H24N2O3S/c1-3-4-13(2)18(23)20-12-24-11-16(20)17(22)19-10-9-14-5-7-15(21)8-6-14/h4-8,16,21H,3,9-12H2,1-2H3,(H,19,22). The van der Waals surface area contributed by atoms with Crippen LogP contribution in [0, 0.1) is 0 Å². The number of rotatable bonds is 6. The Morgan fingerprint density at radius 2 is 2.08 bits per heavy atom. The van der Waals surface area contributed by atoms with Crippen LogP contribution < -0.4 is 5.32 Å². The molecule has 0 radical (unpaired) electrons. The highest BCUT2D eigenvalue weighted by Crippen LogP contribution is 2.23. The number of phenols is 1. The van der Waals surface area contributed by atoms with Crippen LogP contribution in [0.15, 0.2) is 35.9 Å². The maximum Gasteiger partial charge on any atom is 0.250 e. The molecule has 0 saturated carbocycles. The lowest BCUT2D eigenvalue weighted by atomic mass is 10.1. The van der Waals surface area contributed by atoms with Gasteiger partial charge in [0.1, 0.15) is 11.8 Å². The number of benzene rings is 1. The van der Waals surface area contributed by atoms with Crippen molar-refractivity contribution in [2.45, 2.75) is 32.7 Å². The minimum absolute atomic E-state index is 0.0551. The van der Waals surface area contributed by atoms with Crippen LogP contribution in [0.4, 0.5) is 0 Å². The van der Waals surface area contributed by atoms with E-state index >= 15 is 0 Å². The van der Waals surface area contributed by atoms with E-state index in [1.54, 1.807) is 35.7 Å². The first-order chi connectivity index (χ1) is 11.5. The largest absolute Gasteiger partial charge is 0.508 e. The summed E-state index contributed by atoms with van der Waals surface area (Å²) in [6.45, 7) is 4.30. The fourth-order valence-corrected chi connectivity index (χ4v) is 3.74. The molecule has 2 amide bonds. The number of aromatic hydroxyl groups is 1. The highest BCUT2D eigenvalue weighted by Gasteiger charge is 2.34.